The molecule has 0 aromatic rings. The molecule has 140 valence electrons. The molecule has 0 N–H and O–H groups in total. The first-order chi connectivity index (χ1) is 10.3. The molecule has 0 saturated carbocycles. The van der Waals surface area contributed by atoms with Gasteiger partial charge in [0.2, 0.25) is 0 Å². The molecule has 0 radical (unpaired) electrons. The molecule has 0 bridgehead atoms. The second kappa shape index (κ2) is 9.28. The van der Waals surface area contributed by atoms with Crippen LogP contribution in [0.25, 0.3) is 0 Å². The van der Waals surface area contributed by atoms with Crippen LogP contribution in [-0.4, -0.2) is 31.2 Å². The summed E-state index contributed by atoms with van der Waals surface area (Å²) in [6.45, 7) is 3.64. The van der Waals surface area contributed by atoms with Gasteiger partial charge in [-0.3, -0.25) is 13.6 Å². The average Bonchev–Trinajstić information content (AvgIpc) is 2.37. The van der Waals surface area contributed by atoms with Crippen molar-refractivity contribution >= 4 is 7.60 Å². The lowest BCUT2D eigenvalue weighted by molar-refractivity contribution is -0.211. The first kappa shape index (κ1) is 22.7. The van der Waals surface area contributed by atoms with E-state index in [1.54, 1.807) is 0 Å². The quantitative estimate of drug-likeness (QED) is 0.265. The highest BCUT2D eigenvalue weighted by atomic mass is 31.2. The molecule has 0 heterocycles. The summed E-state index contributed by atoms with van der Waals surface area (Å²) in [5, 5.41) is 0. The third-order valence-corrected chi connectivity index (χ3v) is 4.33. The van der Waals surface area contributed by atoms with Crippen molar-refractivity contribution in [1.29, 1.82) is 0 Å². The van der Waals surface area contributed by atoms with Gasteiger partial charge in [-0.1, -0.05) is 39.5 Å². The Labute approximate surface area is 132 Å². The molecule has 0 aromatic heterocycles. The highest BCUT2D eigenvalue weighted by molar-refractivity contribution is 7.53. The van der Waals surface area contributed by atoms with E-state index in [0.717, 1.165) is 19.8 Å². The fourth-order valence-corrected chi connectivity index (χ4v) is 3.35. The Morgan fingerprint density at radius 3 is 1.74 bits per heavy atom. The molecule has 0 saturated heterocycles. The molecule has 3 nitrogen and oxygen atoms in total. The van der Waals surface area contributed by atoms with Crippen molar-refractivity contribution in [2.45, 2.75) is 76.9 Å². The summed E-state index contributed by atoms with van der Waals surface area (Å²) in [5.74, 6) is 0. The summed E-state index contributed by atoms with van der Waals surface area (Å²) >= 11 is 0. The number of hydrogen-bond acceptors (Lipinski definition) is 3. The van der Waals surface area contributed by atoms with Gasteiger partial charge in [0.1, 0.15) is 0 Å². The van der Waals surface area contributed by atoms with E-state index in [2.05, 4.69) is 9.05 Å². The molecular formula is C13H23F6O3P. The minimum absolute atomic E-state index is 0.175. The molecule has 0 rings (SSSR count). The van der Waals surface area contributed by atoms with Crippen molar-refractivity contribution in [3.63, 3.8) is 0 Å². The second-order valence-corrected chi connectivity index (χ2v) is 7.26. The van der Waals surface area contributed by atoms with Gasteiger partial charge in [-0.25, -0.2) is 0 Å². The lowest BCUT2D eigenvalue weighted by atomic mass is 10.1. The van der Waals surface area contributed by atoms with Crippen LogP contribution in [0.2, 0.25) is 0 Å². The van der Waals surface area contributed by atoms with Crippen LogP contribution in [0.5, 0.6) is 0 Å². The van der Waals surface area contributed by atoms with Gasteiger partial charge in [0.25, 0.3) is 0 Å². The Balaban J connectivity index is 4.85. The predicted molar refractivity (Wildman–Crippen MR) is 74.4 cm³/mol. The lowest BCUT2D eigenvalue weighted by Gasteiger charge is -2.27. The van der Waals surface area contributed by atoms with Crippen LogP contribution < -0.4 is 0 Å². The zero-order valence-electron chi connectivity index (χ0n) is 13.3. The largest absolute Gasteiger partial charge is 0.415 e. The monoisotopic (exact) mass is 372 g/mol. The number of alkyl halides is 6. The van der Waals surface area contributed by atoms with Gasteiger partial charge in [-0.15, -0.1) is 0 Å². The summed E-state index contributed by atoms with van der Waals surface area (Å²) in [6.07, 6.45) is -13.2. The topological polar surface area (TPSA) is 35.5 Å². The Hall–Kier alpha value is -0.270. The van der Waals surface area contributed by atoms with Crippen LogP contribution in [0.3, 0.4) is 0 Å². The molecule has 10 heteroatoms. The van der Waals surface area contributed by atoms with Crippen molar-refractivity contribution in [3.05, 3.63) is 0 Å². The van der Waals surface area contributed by atoms with E-state index >= 15 is 0 Å². The van der Waals surface area contributed by atoms with Crippen molar-refractivity contribution < 1.29 is 40.0 Å². The maximum atomic E-state index is 12.9. The lowest BCUT2D eigenvalue weighted by Crippen LogP contribution is -2.34. The zero-order valence-corrected chi connectivity index (χ0v) is 14.2. The van der Waals surface area contributed by atoms with E-state index < -0.39 is 45.0 Å². The summed E-state index contributed by atoms with van der Waals surface area (Å²) in [4.78, 5) is 0. The van der Waals surface area contributed by atoms with Crippen molar-refractivity contribution in [2.75, 3.05) is 6.66 Å². The SMILES string of the molecule is CCCCCC[C@@H](O[P@](C)(=O)O[C@@H](CC)C(F)(F)F)C(F)(F)F. The van der Waals surface area contributed by atoms with Gasteiger partial charge < -0.3 is 0 Å². The first-order valence-corrected chi connectivity index (χ1v) is 9.40. The molecule has 0 aliphatic heterocycles. The minimum atomic E-state index is -4.82. The van der Waals surface area contributed by atoms with E-state index in [1.807, 2.05) is 6.92 Å². The number of hydrogen-bond donors (Lipinski definition) is 0. The minimum Gasteiger partial charge on any atom is -0.296 e. The van der Waals surface area contributed by atoms with Crippen molar-refractivity contribution in [3.8, 4) is 0 Å². The van der Waals surface area contributed by atoms with Gasteiger partial charge in [0.15, 0.2) is 12.2 Å². The predicted octanol–water partition coefficient (Wildman–Crippen LogP) is 6.08. The molecule has 0 spiro atoms. The zero-order chi connectivity index (χ0) is 18.3. The maximum absolute atomic E-state index is 12.9. The van der Waals surface area contributed by atoms with E-state index in [1.165, 1.54) is 0 Å². The molecule has 0 fully saturated rings. The smallest absolute Gasteiger partial charge is 0.296 e. The first-order valence-electron chi connectivity index (χ1n) is 7.41. The molecule has 0 aliphatic rings. The summed E-state index contributed by atoms with van der Waals surface area (Å²) in [5.41, 5.74) is 0. The summed E-state index contributed by atoms with van der Waals surface area (Å²) in [6, 6.07) is 0. The fourth-order valence-electron chi connectivity index (χ4n) is 1.89. The van der Waals surface area contributed by atoms with Crippen molar-refractivity contribution in [1.82, 2.24) is 0 Å². The highest BCUT2D eigenvalue weighted by Gasteiger charge is 2.47. The number of halogens is 6. The van der Waals surface area contributed by atoms with Gasteiger partial charge in [-0.2, -0.15) is 26.3 Å². The van der Waals surface area contributed by atoms with Crippen LogP contribution >= 0.6 is 7.60 Å². The molecule has 0 aliphatic carbocycles. The number of unbranched alkanes of at least 4 members (excludes halogenated alkanes) is 3. The molecular weight excluding hydrogens is 349 g/mol. The fraction of sp³-hybridized carbons (Fsp3) is 1.00. The van der Waals surface area contributed by atoms with E-state index in [-0.39, 0.29) is 6.42 Å². The van der Waals surface area contributed by atoms with Crippen LogP contribution in [0.4, 0.5) is 26.3 Å². The maximum Gasteiger partial charge on any atom is 0.415 e. The highest BCUT2D eigenvalue weighted by Crippen LogP contribution is 2.51. The normalized spacial score (nSPS) is 18.5. The molecule has 0 amide bonds. The average molecular weight is 372 g/mol. The van der Waals surface area contributed by atoms with Gasteiger partial charge in [0.05, 0.1) is 0 Å². The Morgan fingerprint density at radius 1 is 0.870 bits per heavy atom. The summed E-state index contributed by atoms with van der Waals surface area (Å²) < 4.78 is 97.1. The molecule has 23 heavy (non-hydrogen) atoms. The van der Waals surface area contributed by atoms with Gasteiger partial charge in [-0.05, 0) is 12.8 Å². The van der Waals surface area contributed by atoms with Crippen LogP contribution in [0.15, 0.2) is 0 Å². The van der Waals surface area contributed by atoms with Crippen LogP contribution in [0, 0.1) is 0 Å². The van der Waals surface area contributed by atoms with Gasteiger partial charge >= 0.3 is 19.9 Å². The van der Waals surface area contributed by atoms with Crippen LogP contribution in [0.1, 0.15) is 52.4 Å². The number of rotatable bonds is 10. The Kier molecular flexibility index (Phi) is 9.17. The Bertz CT molecular complexity index is 383. The van der Waals surface area contributed by atoms with Crippen molar-refractivity contribution in [2.24, 2.45) is 0 Å². The van der Waals surface area contributed by atoms with E-state index in [9.17, 15) is 30.9 Å². The van der Waals surface area contributed by atoms with Crippen LogP contribution in [-0.2, 0) is 13.6 Å². The second-order valence-electron chi connectivity index (χ2n) is 5.30. The third kappa shape index (κ3) is 9.57. The molecule has 0 unspecified atom stereocenters. The molecule has 0 aromatic carbocycles. The van der Waals surface area contributed by atoms with E-state index in [4.69, 9.17) is 0 Å². The molecule has 3 atom stereocenters. The Morgan fingerprint density at radius 2 is 1.35 bits per heavy atom. The van der Waals surface area contributed by atoms with Gasteiger partial charge in [0, 0.05) is 6.66 Å². The standard InChI is InChI=1S/C13H23F6O3P/c1-4-6-7-8-9-11(13(17,18)19)22-23(3,20)21-10(5-2)12(14,15)16/h10-11H,4-9H2,1-3H3/t10-,11+,23+/m0/s1. The van der Waals surface area contributed by atoms with E-state index in [0.29, 0.717) is 13.1 Å². The summed E-state index contributed by atoms with van der Waals surface area (Å²) in [7, 11) is -4.51. The third-order valence-electron chi connectivity index (χ3n) is 3.06.